The number of carbonyl (C=O) groups excluding carboxylic acids is 1. The number of nitrogen functional groups attached to an aromatic ring is 1. The molecule has 7 heteroatoms. The van der Waals surface area contributed by atoms with E-state index in [4.69, 9.17) is 11.1 Å². The Morgan fingerprint density at radius 1 is 0.966 bits per heavy atom. The van der Waals surface area contributed by atoms with E-state index in [1.807, 2.05) is 36.4 Å². The second kappa shape index (κ2) is 9.25. The fourth-order valence-corrected chi connectivity index (χ4v) is 3.25. The Labute approximate surface area is 178 Å². The molecule has 6 nitrogen and oxygen atoms in total. The highest BCUT2D eigenvalue weighted by atomic mass is 79.9. The van der Waals surface area contributed by atoms with Gasteiger partial charge in [0.25, 0.3) is 0 Å². The molecule has 0 fully saturated rings. The minimum absolute atomic E-state index is 0.0134. The van der Waals surface area contributed by atoms with Crippen LogP contribution in [-0.2, 0) is 0 Å². The summed E-state index contributed by atoms with van der Waals surface area (Å²) in [6, 6.07) is 22.1. The first-order valence-corrected chi connectivity index (χ1v) is 9.85. The molecule has 3 rings (SSSR count). The van der Waals surface area contributed by atoms with Crippen molar-refractivity contribution in [2.45, 2.75) is 13.0 Å². The Morgan fingerprint density at radius 3 is 2.31 bits per heavy atom. The van der Waals surface area contributed by atoms with E-state index in [-0.39, 0.29) is 17.9 Å². The van der Waals surface area contributed by atoms with Crippen LogP contribution in [0.1, 0.15) is 24.1 Å². The van der Waals surface area contributed by atoms with Crippen LogP contribution in [0.5, 0.6) is 0 Å². The fraction of sp³-hybridized carbons (Fsp3) is 0.0909. The highest BCUT2D eigenvalue weighted by molar-refractivity contribution is 9.10. The summed E-state index contributed by atoms with van der Waals surface area (Å²) in [4.78, 5) is 12.4. The summed E-state index contributed by atoms with van der Waals surface area (Å²) in [6.45, 7) is 2.06. The standard InChI is InChI=1S/C22H22BrN5O/c1-14(16-5-4-6-17(23)13-16)26-19-7-2-3-8-20(19)28-22(29)27-18-11-9-15(10-12-18)21(24)25/h2-14,26H,1H3,(H3,24,25)(H2,27,28,29)/t14-/m0/s1. The largest absolute Gasteiger partial charge is 0.384 e. The fourth-order valence-electron chi connectivity index (χ4n) is 2.83. The van der Waals surface area contributed by atoms with Gasteiger partial charge < -0.3 is 21.7 Å². The van der Waals surface area contributed by atoms with Crippen LogP contribution in [0.3, 0.4) is 0 Å². The number of anilines is 3. The van der Waals surface area contributed by atoms with E-state index in [1.54, 1.807) is 24.3 Å². The molecule has 3 aromatic carbocycles. The summed E-state index contributed by atoms with van der Waals surface area (Å²) >= 11 is 3.50. The first-order chi connectivity index (χ1) is 13.9. The third kappa shape index (κ3) is 5.58. The van der Waals surface area contributed by atoms with Gasteiger partial charge in [-0.15, -0.1) is 0 Å². The van der Waals surface area contributed by atoms with Crippen LogP contribution in [0.25, 0.3) is 0 Å². The lowest BCUT2D eigenvalue weighted by molar-refractivity contribution is 0.262. The van der Waals surface area contributed by atoms with Crippen LogP contribution < -0.4 is 21.7 Å². The van der Waals surface area contributed by atoms with Crippen molar-refractivity contribution in [3.63, 3.8) is 0 Å². The summed E-state index contributed by atoms with van der Waals surface area (Å²) in [5.41, 5.74) is 9.29. The molecular weight excluding hydrogens is 430 g/mol. The van der Waals surface area contributed by atoms with Crippen LogP contribution in [0, 0.1) is 5.41 Å². The molecule has 0 aliphatic carbocycles. The summed E-state index contributed by atoms with van der Waals surface area (Å²) in [6.07, 6.45) is 0. The van der Waals surface area contributed by atoms with E-state index < -0.39 is 0 Å². The van der Waals surface area contributed by atoms with Crippen molar-refractivity contribution in [1.29, 1.82) is 5.41 Å². The molecule has 2 amide bonds. The minimum atomic E-state index is -0.357. The first kappa shape index (κ1) is 20.4. The van der Waals surface area contributed by atoms with Gasteiger partial charge in [0, 0.05) is 21.8 Å². The van der Waals surface area contributed by atoms with Crippen molar-refractivity contribution >= 4 is 44.9 Å². The van der Waals surface area contributed by atoms with E-state index in [0.717, 1.165) is 15.7 Å². The van der Waals surface area contributed by atoms with E-state index in [0.29, 0.717) is 16.9 Å². The maximum Gasteiger partial charge on any atom is 0.323 e. The quantitative estimate of drug-likeness (QED) is 0.250. The topological polar surface area (TPSA) is 103 Å². The summed E-state index contributed by atoms with van der Waals surface area (Å²) in [5, 5.41) is 16.5. The number of halogens is 1. The maximum atomic E-state index is 12.4. The molecule has 0 spiro atoms. The molecule has 0 saturated heterocycles. The third-order valence-corrected chi connectivity index (χ3v) is 4.84. The van der Waals surface area contributed by atoms with Gasteiger partial charge in [-0.3, -0.25) is 5.41 Å². The van der Waals surface area contributed by atoms with Crippen LogP contribution in [0.4, 0.5) is 21.9 Å². The number of para-hydroxylation sites is 2. The van der Waals surface area contributed by atoms with Gasteiger partial charge in [0.2, 0.25) is 0 Å². The van der Waals surface area contributed by atoms with Crippen molar-refractivity contribution in [1.82, 2.24) is 0 Å². The maximum absolute atomic E-state index is 12.4. The van der Waals surface area contributed by atoms with E-state index in [1.165, 1.54) is 0 Å². The van der Waals surface area contributed by atoms with Gasteiger partial charge in [-0.2, -0.15) is 0 Å². The van der Waals surface area contributed by atoms with E-state index in [2.05, 4.69) is 50.9 Å². The number of carbonyl (C=O) groups is 1. The minimum Gasteiger partial charge on any atom is -0.384 e. The molecule has 0 aliphatic rings. The molecule has 1 atom stereocenters. The summed E-state index contributed by atoms with van der Waals surface area (Å²) < 4.78 is 1.02. The lowest BCUT2D eigenvalue weighted by Crippen LogP contribution is -2.20. The zero-order chi connectivity index (χ0) is 20.8. The number of nitrogens with two attached hydrogens (primary N) is 1. The SMILES string of the molecule is C[C@H](Nc1ccccc1NC(=O)Nc1ccc(C(=N)N)cc1)c1cccc(Br)c1. The summed E-state index contributed by atoms with van der Waals surface area (Å²) in [7, 11) is 0. The Balaban J connectivity index is 1.68. The number of hydrogen-bond acceptors (Lipinski definition) is 3. The molecule has 29 heavy (non-hydrogen) atoms. The number of amidine groups is 1. The average molecular weight is 452 g/mol. The second-order valence-corrected chi connectivity index (χ2v) is 7.45. The molecule has 0 saturated carbocycles. The normalized spacial score (nSPS) is 11.4. The van der Waals surface area contributed by atoms with Gasteiger partial charge >= 0.3 is 6.03 Å². The smallest absolute Gasteiger partial charge is 0.323 e. The predicted octanol–water partition coefficient (Wildman–Crippen LogP) is 5.55. The van der Waals surface area contributed by atoms with Gasteiger partial charge in [-0.05, 0) is 61.0 Å². The number of rotatable bonds is 6. The molecule has 0 bridgehead atoms. The van der Waals surface area contributed by atoms with Gasteiger partial charge in [-0.1, -0.05) is 40.2 Å². The van der Waals surface area contributed by atoms with E-state index in [9.17, 15) is 4.79 Å². The zero-order valence-electron chi connectivity index (χ0n) is 15.9. The van der Waals surface area contributed by atoms with Crippen molar-refractivity contribution in [3.8, 4) is 0 Å². The number of urea groups is 1. The van der Waals surface area contributed by atoms with Gasteiger partial charge in [0.1, 0.15) is 5.84 Å². The van der Waals surface area contributed by atoms with Crippen molar-refractivity contribution in [2.24, 2.45) is 5.73 Å². The van der Waals surface area contributed by atoms with Gasteiger partial charge in [0.05, 0.1) is 11.4 Å². The molecule has 148 valence electrons. The van der Waals surface area contributed by atoms with E-state index >= 15 is 0 Å². The number of hydrogen-bond donors (Lipinski definition) is 5. The molecule has 0 unspecified atom stereocenters. The zero-order valence-corrected chi connectivity index (χ0v) is 17.5. The number of nitrogens with one attached hydrogen (secondary N) is 4. The average Bonchev–Trinajstić information content (AvgIpc) is 2.70. The predicted molar refractivity (Wildman–Crippen MR) is 123 cm³/mol. The highest BCUT2D eigenvalue weighted by Gasteiger charge is 2.11. The summed E-state index contributed by atoms with van der Waals surface area (Å²) in [5.74, 6) is -0.0134. The molecule has 0 aliphatic heterocycles. The molecular formula is C22H22BrN5O. The Kier molecular flexibility index (Phi) is 6.51. The van der Waals surface area contributed by atoms with Crippen LogP contribution in [0.15, 0.2) is 77.3 Å². The Bertz CT molecular complexity index is 1020. The Morgan fingerprint density at radius 2 is 1.66 bits per heavy atom. The molecule has 3 aromatic rings. The number of benzene rings is 3. The Hall–Kier alpha value is -3.32. The molecule has 0 heterocycles. The highest BCUT2D eigenvalue weighted by Crippen LogP contribution is 2.27. The first-order valence-electron chi connectivity index (χ1n) is 9.06. The lowest BCUT2D eigenvalue weighted by Gasteiger charge is -2.19. The molecule has 6 N–H and O–H groups in total. The molecule has 0 radical (unpaired) electrons. The second-order valence-electron chi connectivity index (χ2n) is 6.54. The van der Waals surface area contributed by atoms with Crippen LogP contribution >= 0.6 is 15.9 Å². The monoisotopic (exact) mass is 451 g/mol. The van der Waals surface area contributed by atoms with Crippen LogP contribution in [-0.4, -0.2) is 11.9 Å². The van der Waals surface area contributed by atoms with Crippen molar-refractivity contribution < 1.29 is 4.79 Å². The van der Waals surface area contributed by atoms with Crippen molar-refractivity contribution in [2.75, 3.05) is 16.0 Å². The van der Waals surface area contributed by atoms with Crippen molar-refractivity contribution in [3.05, 3.63) is 88.4 Å². The third-order valence-electron chi connectivity index (χ3n) is 4.35. The van der Waals surface area contributed by atoms with Gasteiger partial charge in [-0.25, -0.2) is 4.79 Å². The van der Waals surface area contributed by atoms with Gasteiger partial charge in [0.15, 0.2) is 0 Å². The van der Waals surface area contributed by atoms with Crippen LogP contribution in [0.2, 0.25) is 0 Å². The lowest BCUT2D eigenvalue weighted by atomic mass is 10.1. The molecule has 0 aromatic heterocycles. The number of amides is 2.